The lowest BCUT2D eigenvalue weighted by Crippen LogP contribution is -2.47. The number of hydrogen-bond acceptors (Lipinski definition) is 8. The number of aromatic nitrogens is 5. The fraction of sp³-hybridized carbons (Fsp3) is 0.278. The number of halogens is 1. The van der Waals surface area contributed by atoms with Crippen LogP contribution in [-0.2, 0) is 6.54 Å². The second-order valence-corrected chi connectivity index (χ2v) is 6.52. The summed E-state index contributed by atoms with van der Waals surface area (Å²) in [7, 11) is 0. The molecule has 0 unspecified atom stereocenters. The second kappa shape index (κ2) is 8.13. The Morgan fingerprint density at radius 1 is 0.926 bits per heavy atom. The first-order valence-electron chi connectivity index (χ1n) is 8.73. The van der Waals surface area contributed by atoms with Gasteiger partial charge in [0.25, 0.3) is 0 Å². The summed E-state index contributed by atoms with van der Waals surface area (Å²) in [5, 5.41) is 12.3. The van der Waals surface area contributed by atoms with E-state index in [0.717, 1.165) is 42.7 Å². The lowest BCUT2D eigenvalue weighted by atomic mass is 10.2. The number of hydrogen-bond donors (Lipinski definition) is 1. The third kappa shape index (κ3) is 4.22. The Balaban J connectivity index is 1.37. The van der Waals surface area contributed by atoms with Crippen molar-refractivity contribution < 1.29 is 0 Å². The van der Waals surface area contributed by atoms with E-state index in [4.69, 9.17) is 11.6 Å². The van der Waals surface area contributed by atoms with E-state index in [1.165, 1.54) is 0 Å². The molecule has 0 amide bonds. The van der Waals surface area contributed by atoms with Crippen LogP contribution in [0.25, 0.3) is 0 Å². The van der Waals surface area contributed by atoms with Crippen molar-refractivity contribution in [2.45, 2.75) is 6.54 Å². The summed E-state index contributed by atoms with van der Waals surface area (Å²) in [6.07, 6.45) is 5.14. The molecular weight excluding hydrogens is 364 g/mol. The summed E-state index contributed by atoms with van der Waals surface area (Å²) in [6.45, 7) is 3.77. The minimum absolute atomic E-state index is 0.580. The molecule has 0 saturated carbocycles. The zero-order chi connectivity index (χ0) is 18.5. The Morgan fingerprint density at radius 2 is 1.63 bits per heavy atom. The highest BCUT2D eigenvalue weighted by Gasteiger charge is 2.21. The van der Waals surface area contributed by atoms with Crippen LogP contribution in [0.5, 0.6) is 0 Å². The Labute approximate surface area is 162 Å². The van der Waals surface area contributed by atoms with Crippen molar-refractivity contribution in [2.75, 3.05) is 41.3 Å². The molecule has 3 aromatic rings. The lowest BCUT2D eigenvalue weighted by Gasteiger charge is -2.34. The van der Waals surface area contributed by atoms with Gasteiger partial charge in [-0.05, 0) is 17.7 Å². The first-order valence-corrected chi connectivity index (χ1v) is 9.11. The van der Waals surface area contributed by atoms with Crippen molar-refractivity contribution in [3.05, 3.63) is 59.5 Å². The van der Waals surface area contributed by atoms with E-state index in [0.29, 0.717) is 18.3 Å². The molecule has 138 valence electrons. The monoisotopic (exact) mass is 382 g/mol. The molecule has 1 N–H and O–H groups in total. The van der Waals surface area contributed by atoms with Crippen LogP contribution in [-0.4, -0.2) is 51.3 Å². The molecule has 0 bridgehead atoms. The highest BCUT2D eigenvalue weighted by atomic mass is 35.5. The van der Waals surface area contributed by atoms with Gasteiger partial charge < -0.3 is 15.1 Å². The van der Waals surface area contributed by atoms with Crippen molar-refractivity contribution in [3.63, 3.8) is 0 Å². The molecule has 1 aliphatic heterocycles. The van der Waals surface area contributed by atoms with Gasteiger partial charge in [0.1, 0.15) is 0 Å². The molecule has 0 spiro atoms. The normalized spacial score (nSPS) is 14.3. The quantitative estimate of drug-likeness (QED) is 0.719. The summed E-state index contributed by atoms with van der Waals surface area (Å²) < 4.78 is 0. The number of nitrogens with zero attached hydrogens (tertiary/aromatic N) is 7. The van der Waals surface area contributed by atoms with Gasteiger partial charge in [-0.3, -0.25) is 0 Å². The van der Waals surface area contributed by atoms with Gasteiger partial charge in [-0.1, -0.05) is 29.8 Å². The zero-order valence-corrected chi connectivity index (χ0v) is 15.4. The summed E-state index contributed by atoms with van der Waals surface area (Å²) in [5.41, 5.74) is 1.01. The summed E-state index contributed by atoms with van der Waals surface area (Å²) in [5.74, 6) is 2.05. The van der Waals surface area contributed by atoms with Gasteiger partial charge in [-0.15, -0.1) is 5.10 Å². The number of rotatable bonds is 5. The van der Waals surface area contributed by atoms with Crippen LogP contribution < -0.4 is 15.1 Å². The first-order chi connectivity index (χ1) is 13.3. The number of benzene rings is 1. The second-order valence-electron chi connectivity index (χ2n) is 6.11. The standard InChI is InChI=1S/C18H19ClN8/c19-15-5-2-1-4-14(15)12-22-16-13-23-25-18(24-16)27-10-8-26(9-11-27)17-20-6-3-7-21-17/h1-7,13H,8-12H2,(H,22,24,25). The molecule has 9 heteroatoms. The van der Waals surface area contributed by atoms with Gasteiger partial charge in [-0.2, -0.15) is 10.1 Å². The van der Waals surface area contributed by atoms with Gasteiger partial charge in [0.05, 0.1) is 6.20 Å². The molecule has 8 nitrogen and oxygen atoms in total. The third-order valence-corrected chi connectivity index (χ3v) is 4.73. The van der Waals surface area contributed by atoms with Gasteiger partial charge >= 0.3 is 0 Å². The number of nitrogens with one attached hydrogen (secondary N) is 1. The minimum Gasteiger partial charge on any atom is -0.364 e. The average Bonchev–Trinajstić information content (AvgIpc) is 2.74. The van der Waals surface area contributed by atoms with E-state index in [9.17, 15) is 0 Å². The molecule has 2 aromatic heterocycles. The summed E-state index contributed by atoms with van der Waals surface area (Å²) in [4.78, 5) is 17.5. The van der Waals surface area contributed by atoms with Crippen LogP contribution in [0.4, 0.5) is 17.7 Å². The van der Waals surface area contributed by atoms with Gasteiger partial charge in [-0.25, -0.2) is 9.97 Å². The van der Waals surface area contributed by atoms with Crippen molar-refractivity contribution in [1.82, 2.24) is 25.1 Å². The maximum absolute atomic E-state index is 6.20. The largest absolute Gasteiger partial charge is 0.364 e. The summed E-state index contributed by atoms with van der Waals surface area (Å²) in [6, 6.07) is 9.55. The van der Waals surface area contributed by atoms with Crippen molar-refractivity contribution in [2.24, 2.45) is 0 Å². The summed E-state index contributed by atoms with van der Waals surface area (Å²) >= 11 is 6.20. The van der Waals surface area contributed by atoms with Crippen molar-refractivity contribution in [3.8, 4) is 0 Å². The van der Waals surface area contributed by atoms with Crippen molar-refractivity contribution >= 4 is 29.3 Å². The SMILES string of the molecule is Clc1ccccc1CNc1cnnc(N2CCN(c3ncccn3)CC2)n1. The fourth-order valence-corrected chi connectivity index (χ4v) is 3.10. The minimum atomic E-state index is 0.580. The predicted molar refractivity (Wildman–Crippen MR) is 105 cm³/mol. The highest BCUT2D eigenvalue weighted by molar-refractivity contribution is 6.31. The van der Waals surface area contributed by atoms with E-state index in [1.54, 1.807) is 18.6 Å². The van der Waals surface area contributed by atoms with E-state index in [1.807, 2.05) is 30.3 Å². The van der Waals surface area contributed by atoms with Crippen LogP contribution in [0.2, 0.25) is 5.02 Å². The lowest BCUT2D eigenvalue weighted by molar-refractivity contribution is 0.623. The van der Waals surface area contributed by atoms with Crippen LogP contribution in [0.15, 0.2) is 48.9 Å². The van der Waals surface area contributed by atoms with Gasteiger partial charge in [0.15, 0.2) is 5.82 Å². The fourth-order valence-electron chi connectivity index (χ4n) is 2.90. The molecule has 1 aromatic carbocycles. The predicted octanol–water partition coefficient (Wildman–Crippen LogP) is 2.25. The van der Waals surface area contributed by atoms with E-state index >= 15 is 0 Å². The van der Waals surface area contributed by atoms with E-state index in [-0.39, 0.29) is 0 Å². The van der Waals surface area contributed by atoms with E-state index in [2.05, 4.69) is 40.3 Å². The number of anilines is 3. The first kappa shape index (κ1) is 17.4. The van der Waals surface area contributed by atoms with Gasteiger partial charge in [0, 0.05) is 50.1 Å². The molecule has 0 radical (unpaired) electrons. The topological polar surface area (TPSA) is 83.0 Å². The third-order valence-electron chi connectivity index (χ3n) is 4.36. The van der Waals surface area contributed by atoms with Crippen LogP contribution >= 0.6 is 11.6 Å². The molecular formula is C18H19ClN8. The highest BCUT2D eigenvalue weighted by Crippen LogP contribution is 2.18. The molecule has 1 aliphatic rings. The maximum atomic E-state index is 6.20. The van der Waals surface area contributed by atoms with Crippen LogP contribution in [0, 0.1) is 0 Å². The Bertz CT molecular complexity index is 883. The van der Waals surface area contributed by atoms with Crippen LogP contribution in [0.1, 0.15) is 5.56 Å². The molecule has 27 heavy (non-hydrogen) atoms. The van der Waals surface area contributed by atoms with Crippen LogP contribution in [0.3, 0.4) is 0 Å². The smallest absolute Gasteiger partial charge is 0.247 e. The number of piperazine rings is 1. The Kier molecular flexibility index (Phi) is 5.24. The molecule has 3 heterocycles. The Hall–Kier alpha value is -3.00. The van der Waals surface area contributed by atoms with E-state index < -0.39 is 0 Å². The molecule has 4 rings (SSSR count). The average molecular weight is 383 g/mol. The molecule has 1 saturated heterocycles. The molecule has 0 atom stereocenters. The maximum Gasteiger partial charge on any atom is 0.247 e. The molecule has 0 aliphatic carbocycles. The van der Waals surface area contributed by atoms with Gasteiger partial charge in [0.2, 0.25) is 11.9 Å². The molecule has 1 fully saturated rings. The Morgan fingerprint density at radius 3 is 2.37 bits per heavy atom. The zero-order valence-electron chi connectivity index (χ0n) is 14.7. The van der Waals surface area contributed by atoms with Crippen molar-refractivity contribution in [1.29, 1.82) is 0 Å².